The van der Waals surface area contributed by atoms with Gasteiger partial charge in [0.05, 0.1) is 0 Å². The van der Waals surface area contributed by atoms with Gasteiger partial charge in [0.2, 0.25) is 5.91 Å². The second-order valence-electron chi connectivity index (χ2n) is 1.86. The molecule has 0 aromatic heterocycles. The molecule has 0 spiro atoms. The third kappa shape index (κ3) is 6.55. The molecule has 0 unspecified atom stereocenters. The molecular weight excluding hydrogens is 140 g/mol. The number of carbonyl (C=O) groups is 1. The first-order chi connectivity index (χ1) is 5.31. The number of nitrogens with one attached hydrogen (secondary N) is 1. The zero-order valence-electron chi connectivity index (χ0n) is 6.63. The van der Waals surface area contributed by atoms with Crippen molar-refractivity contribution in [1.29, 1.82) is 0 Å². The Hall–Kier alpha value is -1.34. The van der Waals surface area contributed by atoms with Gasteiger partial charge in [0.15, 0.2) is 0 Å². The van der Waals surface area contributed by atoms with Crippen LogP contribution in [0.5, 0.6) is 0 Å². The number of rotatable bonds is 4. The lowest BCUT2D eigenvalue weighted by molar-refractivity contribution is -0.120. The van der Waals surface area contributed by atoms with Crippen molar-refractivity contribution < 1.29 is 4.79 Å². The van der Waals surface area contributed by atoms with Gasteiger partial charge >= 0.3 is 0 Å². The van der Waals surface area contributed by atoms with Crippen LogP contribution in [-0.4, -0.2) is 18.8 Å². The Bertz CT molecular complexity index is 190. The van der Waals surface area contributed by atoms with Gasteiger partial charge in [0.25, 0.3) is 0 Å². The van der Waals surface area contributed by atoms with Gasteiger partial charge in [-0.25, -0.2) is 4.99 Å². The van der Waals surface area contributed by atoms with Crippen molar-refractivity contribution in [3.8, 4) is 0 Å². The standard InChI is InChI=1S/C8H12N2O/c1-3-10-7-5-4-6-8(11)9-2/h3,5H,1,4,6H2,2H3,(H,9,11). The first-order valence-corrected chi connectivity index (χ1v) is 3.39. The summed E-state index contributed by atoms with van der Waals surface area (Å²) in [6, 6.07) is 0. The zero-order chi connectivity index (χ0) is 8.53. The average molecular weight is 152 g/mol. The summed E-state index contributed by atoms with van der Waals surface area (Å²) >= 11 is 0. The summed E-state index contributed by atoms with van der Waals surface area (Å²) in [6.45, 7) is 3.38. The van der Waals surface area contributed by atoms with Gasteiger partial charge in [-0.3, -0.25) is 4.79 Å². The van der Waals surface area contributed by atoms with Crippen LogP contribution in [-0.2, 0) is 4.79 Å². The highest BCUT2D eigenvalue weighted by Crippen LogP contribution is 1.86. The fourth-order valence-electron chi connectivity index (χ4n) is 0.498. The third-order valence-electron chi connectivity index (χ3n) is 1.05. The van der Waals surface area contributed by atoms with Gasteiger partial charge in [0.1, 0.15) is 0 Å². The third-order valence-corrected chi connectivity index (χ3v) is 1.05. The van der Waals surface area contributed by atoms with E-state index in [4.69, 9.17) is 0 Å². The summed E-state index contributed by atoms with van der Waals surface area (Å²) < 4.78 is 0. The van der Waals surface area contributed by atoms with Crippen LogP contribution in [0.25, 0.3) is 0 Å². The van der Waals surface area contributed by atoms with Gasteiger partial charge < -0.3 is 5.32 Å². The second kappa shape index (κ2) is 6.78. The van der Waals surface area contributed by atoms with Crippen LogP contribution in [0.3, 0.4) is 0 Å². The Kier molecular flexibility index (Phi) is 5.95. The molecule has 0 rings (SSSR count). The smallest absolute Gasteiger partial charge is 0.220 e. The van der Waals surface area contributed by atoms with Gasteiger partial charge in [0, 0.05) is 19.7 Å². The molecule has 60 valence electrons. The van der Waals surface area contributed by atoms with E-state index in [0.717, 1.165) is 0 Å². The summed E-state index contributed by atoms with van der Waals surface area (Å²) in [5.74, 6) is 2.65. The van der Waals surface area contributed by atoms with Crippen LogP contribution in [0.2, 0.25) is 0 Å². The van der Waals surface area contributed by atoms with Crippen molar-refractivity contribution >= 4 is 11.8 Å². The van der Waals surface area contributed by atoms with Crippen LogP contribution in [0.15, 0.2) is 23.8 Å². The monoisotopic (exact) mass is 152 g/mol. The zero-order valence-corrected chi connectivity index (χ0v) is 6.63. The quantitative estimate of drug-likeness (QED) is 0.597. The van der Waals surface area contributed by atoms with E-state index in [2.05, 4.69) is 22.8 Å². The highest BCUT2D eigenvalue weighted by molar-refractivity contribution is 5.75. The molecule has 3 heteroatoms. The van der Waals surface area contributed by atoms with Crippen molar-refractivity contribution in [2.75, 3.05) is 7.05 Å². The van der Waals surface area contributed by atoms with E-state index in [-0.39, 0.29) is 5.91 Å². The Morgan fingerprint density at radius 2 is 2.55 bits per heavy atom. The summed E-state index contributed by atoms with van der Waals surface area (Å²) in [6.07, 6.45) is 4.25. The molecule has 0 aliphatic carbocycles. The highest BCUT2D eigenvalue weighted by Gasteiger charge is 1.92. The SMILES string of the molecule is C=CN=C=CCCC(=O)NC. The van der Waals surface area contributed by atoms with Crippen LogP contribution in [0.1, 0.15) is 12.8 Å². The van der Waals surface area contributed by atoms with Crippen LogP contribution in [0, 0.1) is 0 Å². The van der Waals surface area contributed by atoms with Crippen LogP contribution < -0.4 is 5.32 Å². The predicted molar refractivity (Wildman–Crippen MR) is 45.5 cm³/mol. The molecule has 0 aromatic carbocycles. The minimum Gasteiger partial charge on any atom is -0.359 e. The van der Waals surface area contributed by atoms with Gasteiger partial charge in [-0.05, 0) is 18.4 Å². The molecule has 0 atom stereocenters. The molecule has 3 nitrogen and oxygen atoms in total. The average Bonchev–Trinajstić information content (AvgIpc) is 2.04. The molecule has 0 radical (unpaired) electrons. The van der Waals surface area contributed by atoms with E-state index >= 15 is 0 Å². The fraction of sp³-hybridized carbons (Fsp3) is 0.375. The number of nitrogens with zero attached hydrogens (tertiary/aromatic N) is 1. The summed E-state index contributed by atoms with van der Waals surface area (Å²) in [4.78, 5) is 14.3. The number of hydrogen-bond donors (Lipinski definition) is 1. The Balaban J connectivity index is 3.48. The lowest BCUT2D eigenvalue weighted by Gasteiger charge is -1.92. The van der Waals surface area contributed by atoms with Crippen molar-refractivity contribution in [2.24, 2.45) is 4.99 Å². The molecule has 0 saturated carbocycles. The minimum absolute atomic E-state index is 0.0293. The summed E-state index contributed by atoms with van der Waals surface area (Å²) in [5, 5.41) is 2.52. The van der Waals surface area contributed by atoms with E-state index in [1.165, 1.54) is 6.20 Å². The molecule has 0 aliphatic heterocycles. The normalized spacial score (nSPS) is 7.73. The lowest BCUT2D eigenvalue weighted by atomic mass is 10.3. The Morgan fingerprint density at radius 3 is 3.09 bits per heavy atom. The summed E-state index contributed by atoms with van der Waals surface area (Å²) in [5.41, 5.74) is 0. The van der Waals surface area contributed by atoms with Gasteiger partial charge in [-0.15, -0.1) is 0 Å². The first kappa shape index (κ1) is 9.66. The maximum atomic E-state index is 10.6. The van der Waals surface area contributed by atoms with E-state index in [9.17, 15) is 4.79 Å². The maximum Gasteiger partial charge on any atom is 0.220 e. The first-order valence-electron chi connectivity index (χ1n) is 3.39. The maximum absolute atomic E-state index is 10.6. The van der Waals surface area contributed by atoms with Crippen molar-refractivity contribution in [3.05, 3.63) is 18.9 Å². The Labute approximate surface area is 66.5 Å². The van der Waals surface area contributed by atoms with Crippen molar-refractivity contribution in [3.63, 3.8) is 0 Å². The van der Waals surface area contributed by atoms with E-state index in [1.807, 2.05) is 0 Å². The number of aliphatic imine (C=N–C) groups is 1. The number of hydrogen-bond acceptors (Lipinski definition) is 2. The molecule has 0 bridgehead atoms. The van der Waals surface area contributed by atoms with Crippen LogP contribution in [0.4, 0.5) is 0 Å². The molecule has 11 heavy (non-hydrogen) atoms. The molecular formula is C8H12N2O. The van der Waals surface area contributed by atoms with Crippen molar-refractivity contribution in [1.82, 2.24) is 5.32 Å². The Morgan fingerprint density at radius 1 is 1.82 bits per heavy atom. The molecule has 1 N–H and O–H groups in total. The highest BCUT2D eigenvalue weighted by atomic mass is 16.1. The number of allylic oxidation sites excluding steroid dienone is 1. The lowest BCUT2D eigenvalue weighted by Crippen LogP contribution is -2.16. The van der Waals surface area contributed by atoms with Gasteiger partial charge in [-0.2, -0.15) is 0 Å². The summed E-state index contributed by atoms with van der Waals surface area (Å²) in [7, 11) is 1.61. The van der Waals surface area contributed by atoms with Crippen LogP contribution >= 0.6 is 0 Å². The second-order valence-corrected chi connectivity index (χ2v) is 1.86. The molecule has 0 aromatic rings. The number of carbonyl (C=O) groups excluding carboxylic acids is 1. The molecule has 0 saturated heterocycles. The number of amides is 1. The van der Waals surface area contributed by atoms with E-state index < -0.39 is 0 Å². The topological polar surface area (TPSA) is 41.5 Å². The molecule has 0 aliphatic rings. The van der Waals surface area contributed by atoms with Crippen molar-refractivity contribution in [2.45, 2.75) is 12.8 Å². The molecule has 0 fully saturated rings. The molecule has 0 heterocycles. The fourth-order valence-corrected chi connectivity index (χ4v) is 0.498. The molecule has 1 amide bonds. The van der Waals surface area contributed by atoms with Gasteiger partial charge in [-0.1, -0.05) is 6.58 Å². The van der Waals surface area contributed by atoms with E-state index in [1.54, 1.807) is 13.1 Å². The predicted octanol–water partition coefficient (Wildman–Crippen LogP) is 0.882. The minimum atomic E-state index is 0.0293. The largest absolute Gasteiger partial charge is 0.359 e. The van der Waals surface area contributed by atoms with E-state index in [0.29, 0.717) is 12.8 Å².